The molecule has 7 heteroatoms. The summed E-state index contributed by atoms with van der Waals surface area (Å²) in [4.78, 5) is 9.73. The summed E-state index contributed by atoms with van der Waals surface area (Å²) in [7, 11) is 0. The molecule has 0 bridgehead atoms. The van der Waals surface area contributed by atoms with Crippen molar-refractivity contribution in [2.75, 3.05) is 49.5 Å². The number of morpholine rings is 1. The first kappa shape index (κ1) is 24.2. The molecule has 2 aromatic carbocycles. The molecule has 3 saturated heterocycles. The van der Waals surface area contributed by atoms with E-state index in [0.29, 0.717) is 23.7 Å². The number of nitrogens with one attached hydrogen (secondary N) is 2. The maximum atomic E-state index is 9.55. The van der Waals surface area contributed by atoms with E-state index in [-0.39, 0.29) is 6.10 Å². The molecular formula is C30H36N6O. The molecule has 4 atom stereocenters. The second-order valence-corrected chi connectivity index (χ2v) is 10.8. The van der Waals surface area contributed by atoms with E-state index in [9.17, 15) is 5.26 Å². The summed E-state index contributed by atoms with van der Waals surface area (Å²) in [6.07, 6.45) is 5.29. The zero-order valence-corrected chi connectivity index (χ0v) is 21.6. The van der Waals surface area contributed by atoms with Crippen molar-refractivity contribution in [1.29, 1.82) is 5.26 Å². The average Bonchev–Trinajstić information content (AvgIpc) is 2.94. The highest BCUT2D eigenvalue weighted by molar-refractivity contribution is 5.95. The lowest BCUT2D eigenvalue weighted by Gasteiger charge is -2.50. The van der Waals surface area contributed by atoms with Crippen LogP contribution in [0.3, 0.4) is 0 Å². The number of nitrogens with zero attached hydrogens (tertiary/aromatic N) is 4. The maximum absolute atomic E-state index is 9.55. The second kappa shape index (κ2) is 10.7. The number of ether oxygens (including phenoxy) is 1. The van der Waals surface area contributed by atoms with Gasteiger partial charge >= 0.3 is 0 Å². The van der Waals surface area contributed by atoms with Gasteiger partial charge in [-0.05, 0) is 68.1 Å². The summed E-state index contributed by atoms with van der Waals surface area (Å²) in [5.74, 6) is 0. The second-order valence-electron chi connectivity index (χ2n) is 10.8. The number of benzene rings is 2. The van der Waals surface area contributed by atoms with E-state index >= 15 is 0 Å². The zero-order chi connectivity index (χ0) is 25.2. The van der Waals surface area contributed by atoms with Crippen LogP contribution in [0, 0.1) is 11.3 Å². The van der Waals surface area contributed by atoms with Gasteiger partial charge in [-0.3, -0.25) is 9.88 Å². The molecule has 0 radical (unpaired) electrons. The van der Waals surface area contributed by atoms with Gasteiger partial charge in [-0.1, -0.05) is 12.1 Å². The fraction of sp³-hybridized carbons (Fsp3) is 0.467. The van der Waals surface area contributed by atoms with Crippen LogP contribution >= 0.6 is 0 Å². The molecule has 4 heterocycles. The Balaban J connectivity index is 1.13. The van der Waals surface area contributed by atoms with Gasteiger partial charge in [0, 0.05) is 73.8 Å². The molecule has 0 unspecified atom stereocenters. The van der Waals surface area contributed by atoms with Crippen LogP contribution in [0.4, 0.5) is 11.4 Å². The lowest BCUT2D eigenvalue weighted by atomic mass is 9.91. The number of rotatable bonds is 5. The van der Waals surface area contributed by atoms with Crippen molar-refractivity contribution in [1.82, 2.24) is 15.2 Å². The van der Waals surface area contributed by atoms with Gasteiger partial charge in [-0.2, -0.15) is 5.26 Å². The minimum Gasteiger partial charge on any atom is -0.382 e. The van der Waals surface area contributed by atoms with Crippen molar-refractivity contribution in [3.8, 4) is 6.07 Å². The topological polar surface area (TPSA) is 76.5 Å². The number of aromatic nitrogens is 1. The van der Waals surface area contributed by atoms with Crippen molar-refractivity contribution in [3.05, 3.63) is 65.9 Å². The fourth-order valence-corrected chi connectivity index (χ4v) is 6.42. The minimum absolute atomic E-state index is 0.275. The van der Waals surface area contributed by atoms with Gasteiger partial charge in [-0.15, -0.1) is 0 Å². The number of piperidine rings is 1. The van der Waals surface area contributed by atoms with Crippen molar-refractivity contribution in [3.63, 3.8) is 0 Å². The summed E-state index contributed by atoms with van der Waals surface area (Å²) in [5, 5.41) is 17.9. The maximum Gasteiger partial charge on any atom is 0.101 e. The van der Waals surface area contributed by atoms with Crippen molar-refractivity contribution in [2.45, 2.75) is 50.4 Å². The Labute approximate surface area is 219 Å². The molecule has 0 saturated carbocycles. The highest BCUT2D eigenvalue weighted by atomic mass is 16.5. The molecule has 0 spiro atoms. The number of fused-ring (bicyclic) bond motifs is 2. The number of nitriles is 1. The molecule has 192 valence electrons. The molecule has 1 aromatic heterocycles. The number of piperazine rings is 1. The van der Waals surface area contributed by atoms with E-state index in [1.165, 1.54) is 16.9 Å². The van der Waals surface area contributed by atoms with Gasteiger partial charge in [-0.25, -0.2) is 0 Å². The Morgan fingerprint density at radius 2 is 2.05 bits per heavy atom. The third-order valence-electron chi connectivity index (χ3n) is 8.24. The fourth-order valence-electron chi connectivity index (χ4n) is 6.42. The van der Waals surface area contributed by atoms with E-state index in [1.54, 1.807) is 6.20 Å². The van der Waals surface area contributed by atoms with Crippen LogP contribution in [-0.2, 0) is 11.2 Å². The largest absolute Gasteiger partial charge is 0.382 e. The van der Waals surface area contributed by atoms with Crippen LogP contribution in [0.15, 0.2) is 54.7 Å². The van der Waals surface area contributed by atoms with Crippen LogP contribution in [0.2, 0.25) is 0 Å². The van der Waals surface area contributed by atoms with E-state index in [2.05, 4.69) is 74.8 Å². The Morgan fingerprint density at radius 3 is 2.86 bits per heavy atom. The Morgan fingerprint density at radius 1 is 1.16 bits per heavy atom. The predicted molar refractivity (Wildman–Crippen MR) is 148 cm³/mol. The minimum atomic E-state index is 0.275. The monoisotopic (exact) mass is 496 g/mol. The van der Waals surface area contributed by atoms with E-state index in [1.807, 2.05) is 12.1 Å². The molecular weight excluding hydrogens is 460 g/mol. The van der Waals surface area contributed by atoms with Crippen LogP contribution in [0.25, 0.3) is 10.9 Å². The summed E-state index contributed by atoms with van der Waals surface area (Å²) in [6.45, 7) is 8.15. The molecule has 0 amide bonds. The Kier molecular flexibility index (Phi) is 6.97. The van der Waals surface area contributed by atoms with Crippen molar-refractivity contribution >= 4 is 22.3 Å². The lowest BCUT2D eigenvalue weighted by Crippen LogP contribution is -2.61. The highest BCUT2D eigenvalue weighted by Crippen LogP contribution is 2.34. The van der Waals surface area contributed by atoms with Gasteiger partial charge in [0.2, 0.25) is 0 Å². The van der Waals surface area contributed by atoms with Gasteiger partial charge in [0.15, 0.2) is 0 Å². The van der Waals surface area contributed by atoms with Crippen LogP contribution in [0.5, 0.6) is 0 Å². The van der Waals surface area contributed by atoms with Crippen molar-refractivity contribution < 1.29 is 4.74 Å². The normalized spacial score (nSPS) is 26.4. The average molecular weight is 497 g/mol. The molecule has 7 nitrogen and oxygen atoms in total. The zero-order valence-electron chi connectivity index (χ0n) is 21.6. The molecule has 6 rings (SSSR count). The highest BCUT2D eigenvalue weighted by Gasteiger charge is 2.37. The van der Waals surface area contributed by atoms with Crippen LogP contribution < -0.4 is 15.5 Å². The molecule has 3 aliphatic rings. The van der Waals surface area contributed by atoms with Gasteiger partial charge in [0.05, 0.1) is 23.8 Å². The van der Waals surface area contributed by atoms with E-state index in [0.717, 1.165) is 69.5 Å². The first-order valence-corrected chi connectivity index (χ1v) is 13.6. The SMILES string of the molecule is C[C@@H]1CN(c2ccc(C#N)c3ncccc23)C[C@@H]2C[C@H](Nc3ccc(C[C@@H]4CNCCO4)cc3)CCN21. The number of pyridine rings is 1. The van der Waals surface area contributed by atoms with E-state index < -0.39 is 0 Å². The van der Waals surface area contributed by atoms with Gasteiger partial charge in [0.25, 0.3) is 0 Å². The smallest absolute Gasteiger partial charge is 0.101 e. The summed E-state index contributed by atoms with van der Waals surface area (Å²) >= 11 is 0. The first-order chi connectivity index (χ1) is 18.2. The Hall–Kier alpha value is -3.18. The third kappa shape index (κ3) is 5.15. The molecule has 37 heavy (non-hydrogen) atoms. The number of hydrogen-bond donors (Lipinski definition) is 2. The Bertz CT molecular complexity index is 1270. The lowest BCUT2D eigenvalue weighted by molar-refractivity contribution is 0.0292. The summed E-state index contributed by atoms with van der Waals surface area (Å²) in [6, 6.07) is 20.8. The van der Waals surface area contributed by atoms with Crippen LogP contribution in [-0.4, -0.2) is 73.4 Å². The standard InChI is InChI=1S/C30H36N6O/c1-21-19-35(29-9-6-23(17-31)30-28(29)3-2-11-33-30)20-26-16-25(10-13-36(21)26)34-24-7-4-22(5-8-24)15-27-18-32-12-14-37-27/h2-9,11,21,25-27,32,34H,10,12-16,18-20H2,1H3/t21-,25-,26+,27-/m1/s1. The molecule has 2 N–H and O–H groups in total. The van der Waals surface area contributed by atoms with Crippen molar-refractivity contribution in [2.24, 2.45) is 0 Å². The number of anilines is 2. The van der Waals surface area contributed by atoms with Gasteiger partial charge in [0.1, 0.15) is 6.07 Å². The van der Waals surface area contributed by atoms with Gasteiger partial charge < -0.3 is 20.3 Å². The molecule has 3 aliphatic heterocycles. The quantitative estimate of drug-likeness (QED) is 0.557. The van der Waals surface area contributed by atoms with E-state index in [4.69, 9.17) is 4.74 Å². The molecule has 3 fully saturated rings. The summed E-state index contributed by atoms with van der Waals surface area (Å²) < 4.78 is 5.86. The molecule has 3 aromatic rings. The first-order valence-electron chi connectivity index (χ1n) is 13.6. The third-order valence-corrected chi connectivity index (χ3v) is 8.24. The molecule has 0 aliphatic carbocycles. The summed E-state index contributed by atoms with van der Waals surface area (Å²) in [5.41, 5.74) is 5.17. The predicted octanol–water partition coefficient (Wildman–Crippen LogP) is 3.79. The van der Waals surface area contributed by atoms with Crippen LogP contribution in [0.1, 0.15) is 30.9 Å². The number of hydrogen-bond acceptors (Lipinski definition) is 7.